The number of benzene rings is 1. The van der Waals surface area contributed by atoms with Crippen LogP contribution in [0.15, 0.2) is 23.0 Å². The molecule has 1 aromatic heterocycles. The number of aromatic amines is 1. The Morgan fingerprint density at radius 3 is 3.00 bits per heavy atom. The van der Waals surface area contributed by atoms with E-state index in [-0.39, 0.29) is 5.56 Å². The van der Waals surface area contributed by atoms with E-state index in [0.29, 0.717) is 15.3 Å². The van der Waals surface area contributed by atoms with Crippen molar-refractivity contribution in [2.45, 2.75) is 26.7 Å². The van der Waals surface area contributed by atoms with Gasteiger partial charge in [-0.05, 0) is 58.7 Å². The zero-order valence-corrected chi connectivity index (χ0v) is 14.2. The molecule has 21 heavy (non-hydrogen) atoms. The molecule has 0 radical (unpaired) electrons. The standard InChI is InChI=1S/C16H17IN2O2/c1-9(2)7-12-14(17)16(20)19-15(18-12)11-3-4-13-10(8-11)5-6-21-13/h3-4,8-9H,5-7H2,1-2H3,(H,18,19,20). The van der Waals surface area contributed by atoms with Gasteiger partial charge in [0.15, 0.2) is 0 Å². The van der Waals surface area contributed by atoms with E-state index >= 15 is 0 Å². The van der Waals surface area contributed by atoms with Crippen LogP contribution in [0, 0.1) is 9.49 Å². The van der Waals surface area contributed by atoms with Crippen molar-refractivity contribution in [3.05, 3.63) is 43.4 Å². The third kappa shape index (κ3) is 2.97. The van der Waals surface area contributed by atoms with E-state index in [1.165, 1.54) is 5.56 Å². The van der Waals surface area contributed by atoms with Gasteiger partial charge in [0.25, 0.3) is 5.56 Å². The van der Waals surface area contributed by atoms with E-state index in [4.69, 9.17) is 4.74 Å². The van der Waals surface area contributed by atoms with Gasteiger partial charge in [0.1, 0.15) is 11.6 Å². The fourth-order valence-corrected chi connectivity index (χ4v) is 2.97. The molecule has 3 rings (SSSR count). The van der Waals surface area contributed by atoms with Crippen LogP contribution in [0.1, 0.15) is 25.1 Å². The first kappa shape index (κ1) is 14.6. The van der Waals surface area contributed by atoms with Crippen molar-refractivity contribution >= 4 is 22.6 Å². The van der Waals surface area contributed by atoms with Gasteiger partial charge in [0.2, 0.25) is 0 Å². The second-order valence-electron chi connectivity index (χ2n) is 5.69. The van der Waals surface area contributed by atoms with Crippen LogP contribution < -0.4 is 10.3 Å². The number of rotatable bonds is 3. The van der Waals surface area contributed by atoms with Crippen LogP contribution in [0.3, 0.4) is 0 Å². The van der Waals surface area contributed by atoms with Crippen molar-refractivity contribution in [1.82, 2.24) is 9.97 Å². The normalized spacial score (nSPS) is 13.3. The van der Waals surface area contributed by atoms with Gasteiger partial charge in [-0.3, -0.25) is 4.79 Å². The lowest BCUT2D eigenvalue weighted by Gasteiger charge is -2.09. The number of ether oxygens (including phenoxy) is 1. The van der Waals surface area contributed by atoms with Crippen LogP contribution in [-0.2, 0) is 12.8 Å². The lowest BCUT2D eigenvalue weighted by molar-refractivity contribution is 0.357. The number of nitrogens with one attached hydrogen (secondary N) is 1. The molecule has 0 atom stereocenters. The van der Waals surface area contributed by atoms with Crippen LogP contribution in [0.2, 0.25) is 0 Å². The average Bonchev–Trinajstić information content (AvgIpc) is 2.90. The van der Waals surface area contributed by atoms with Gasteiger partial charge in [-0.25, -0.2) is 4.98 Å². The molecular formula is C16H17IN2O2. The number of hydrogen-bond donors (Lipinski definition) is 1. The predicted molar refractivity (Wildman–Crippen MR) is 90.8 cm³/mol. The molecule has 1 aliphatic rings. The number of nitrogens with zero attached hydrogens (tertiary/aromatic N) is 1. The highest BCUT2D eigenvalue weighted by molar-refractivity contribution is 14.1. The molecule has 0 unspecified atom stereocenters. The number of H-pyrrole nitrogens is 1. The maximum absolute atomic E-state index is 12.1. The molecule has 0 saturated heterocycles. The number of hydrogen-bond acceptors (Lipinski definition) is 3. The highest BCUT2D eigenvalue weighted by Gasteiger charge is 2.15. The minimum atomic E-state index is -0.0620. The van der Waals surface area contributed by atoms with Crippen LogP contribution >= 0.6 is 22.6 Å². The molecule has 0 aliphatic carbocycles. The monoisotopic (exact) mass is 396 g/mol. The molecule has 2 aromatic rings. The average molecular weight is 396 g/mol. The van der Waals surface area contributed by atoms with Crippen molar-refractivity contribution in [2.75, 3.05) is 6.61 Å². The van der Waals surface area contributed by atoms with E-state index in [9.17, 15) is 4.79 Å². The summed E-state index contributed by atoms with van der Waals surface area (Å²) in [6.07, 6.45) is 1.72. The molecule has 0 spiro atoms. The van der Waals surface area contributed by atoms with E-state index < -0.39 is 0 Å². The highest BCUT2D eigenvalue weighted by atomic mass is 127. The fourth-order valence-electron chi connectivity index (χ4n) is 2.50. The molecule has 1 aromatic carbocycles. The summed E-state index contributed by atoms with van der Waals surface area (Å²) >= 11 is 2.08. The largest absolute Gasteiger partial charge is 0.493 e. The van der Waals surface area contributed by atoms with Crippen molar-refractivity contribution in [1.29, 1.82) is 0 Å². The number of fused-ring (bicyclic) bond motifs is 1. The minimum Gasteiger partial charge on any atom is -0.493 e. The topological polar surface area (TPSA) is 55.0 Å². The van der Waals surface area contributed by atoms with E-state index in [0.717, 1.165) is 36.5 Å². The zero-order chi connectivity index (χ0) is 15.0. The summed E-state index contributed by atoms with van der Waals surface area (Å²) in [4.78, 5) is 19.7. The lowest BCUT2D eigenvalue weighted by atomic mass is 10.1. The van der Waals surface area contributed by atoms with Gasteiger partial charge >= 0.3 is 0 Å². The SMILES string of the molecule is CC(C)Cc1nc(-c2ccc3c(c2)CCO3)[nH]c(=O)c1I. The summed E-state index contributed by atoms with van der Waals surface area (Å²) < 4.78 is 6.20. The summed E-state index contributed by atoms with van der Waals surface area (Å²) in [5.41, 5.74) is 2.94. The molecular weight excluding hydrogens is 379 g/mol. The van der Waals surface area contributed by atoms with Crippen LogP contribution in [-0.4, -0.2) is 16.6 Å². The van der Waals surface area contributed by atoms with Crippen molar-refractivity contribution in [2.24, 2.45) is 5.92 Å². The van der Waals surface area contributed by atoms with Crippen molar-refractivity contribution < 1.29 is 4.74 Å². The molecule has 0 fully saturated rings. The summed E-state index contributed by atoms with van der Waals surface area (Å²) in [5.74, 6) is 2.05. The van der Waals surface area contributed by atoms with Gasteiger partial charge in [-0.15, -0.1) is 0 Å². The summed E-state index contributed by atoms with van der Waals surface area (Å²) in [7, 11) is 0. The Balaban J connectivity index is 2.06. The molecule has 1 N–H and O–H groups in total. The number of aromatic nitrogens is 2. The Morgan fingerprint density at radius 1 is 1.43 bits per heavy atom. The van der Waals surface area contributed by atoms with Crippen molar-refractivity contribution in [3.63, 3.8) is 0 Å². The maximum atomic E-state index is 12.1. The molecule has 2 heterocycles. The van der Waals surface area contributed by atoms with Crippen LogP contribution in [0.4, 0.5) is 0 Å². The first-order valence-corrected chi connectivity index (χ1v) is 8.17. The maximum Gasteiger partial charge on any atom is 0.264 e. The molecule has 0 amide bonds. The third-order valence-electron chi connectivity index (χ3n) is 3.50. The molecule has 0 saturated carbocycles. The predicted octanol–water partition coefficient (Wildman–Crippen LogP) is 3.17. The second kappa shape index (κ2) is 5.79. The smallest absolute Gasteiger partial charge is 0.264 e. The lowest BCUT2D eigenvalue weighted by Crippen LogP contribution is -2.17. The second-order valence-corrected chi connectivity index (χ2v) is 6.77. The van der Waals surface area contributed by atoms with Gasteiger partial charge in [-0.2, -0.15) is 0 Å². The summed E-state index contributed by atoms with van der Waals surface area (Å²) in [6.45, 7) is 4.99. The Morgan fingerprint density at radius 2 is 2.24 bits per heavy atom. The quantitative estimate of drug-likeness (QED) is 0.811. The Labute approximate surface area is 137 Å². The molecule has 5 heteroatoms. The molecule has 4 nitrogen and oxygen atoms in total. The van der Waals surface area contributed by atoms with Crippen LogP contribution in [0.25, 0.3) is 11.4 Å². The molecule has 110 valence electrons. The number of halogens is 1. The minimum absolute atomic E-state index is 0.0620. The fraction of sp³-hybridized carbons (Fsp3) is 0.375. The Kier molecular flexibility index (Phi) is 4.01. The highest BCUT2D eigenvalue weighted by Crippen LogP contribution is 2.29. The van der Waals surface area contributed by atoms with Gasteiger partial charge in [0.05, 0.1) is 15.9 Å². The summed E-state index contributed by atoms with van der Waals surface area (Å²) in [5, 5.41) is 0. The van der Waals surface area contributed by atoms with E-state index in [2.05, 4.69) is 52.5 Å². The Bertz CT molecular complexity index is 738. The van der Waals surface area contributed by atoms with Gasteiger partial charge in [0, 0.05) is 12.0 Å². The molecule has 1 aliphatic heterocycles. The first-order valence-electron chi connectivity index (χ1n) is 7.09. The Hall–Kier alpha value is -1.37. The first-order chi connectivity index (χ1) is 10.0. The van der Waals surface area contributed by atoms with Gasteiger partial charge in [-0.1, -0.05) is 13.8 Å². The third-order valence-corrected chi connectivity index (χ3v) is 4.61. The van der Waals surface area contributed by atoms with Crippen LogP contribution in [0.5, 0.6) is 5.75 Å². The van der Waals surface area contributed by atoms with E-state index in [1.807, 2.05) is 12.1 Å². The zero-order valence-electron chi connectivity index (χ0n) is 12.1. The van der Waals surface area contributed by atoms with Crippen molar-refractivity contribution in [3.8, 4) is 17.1 Å². The van der Waals surface area contributed by atoms with Gasteiger partial charge < -0.3 is 9.72 Å². The summed E-state index contributed by atoms with van der Waals surface area (Å²) in [6, 6.07) is 5.97. The van der Waals surface area contributed by atoms with E-state index in [1.54, 1.807) is 0 Å². The molecule has 0 bridgehead atoms.